The zero-order chi connectivity index (χ0) is 10.3. The van der Waals surface area contributed by atoms with E-state index < -0.39 is 0 Å². The molecule has 2 atom stereocenters. The van der Waals surface area contributed by atoms with Gasteiger partial charge in [-0.15, -0.1) is 10.2 Å². The van der Waals surface area contributed by atoms with Crippen molar-refractivity contribution in [1.82, 2.24) is 15.5 Å². The molecular weight excluding hydrogens is 190 g/mol. The Labute approximate surface area is 89.5 Å². The Balaban J connectivity index is 1.97. The average Bonchev–Trinajstić information content (AvgIpc) is 2.91. The number of hydrogen-bond donors (Lipinski definition) is 1. The van der Waals surface area contributed by atoms with Crippen molar-refractivity contribution in [2.24, 2.45) is 5.92 Å². The second-order valence-electron chi connectivity index (χ2n) is 4.73. The highest BCUT2D eigenvalue weighted by Gasteiger charge is 2.51. The minimum Gasteiger partial charge on any atom is -0.425 e. The molecule has 1 aromatic rings. The molecule has 0 unspecified atom stereocenters. The Morgan fingerprint density at radius 3 is 3.27 bits per heavy atom. The van der Waals surface area contributed by atoms with Gasteiger partial charge in [0.05, 0.1) is 5.41 Å². The van der Waals surface area contributed by atoms with E-state index in [9.17, 15) is 0 Å². The summed E-state index contributed by atoms with van der Waals surface area (Å²) in [6, 6.07) is 0. The lowest BCUT2D eigenvalue weighted by molar-refractivity contribution is 0.296. The van der Waals surface area contributed by atoms with Crippen LogP contribution < -0.4 is 5.32 Å². The third kappa shape index (κ3) is 1.24. The van der Waals surface area contributed by atoms with Gasteiger partial charge >= 0.3 is 0 Å². The van der Waals surface area contributed by atoms with Gasteiger partial charge in [0.1, 0.15) is 0 Å². The van der Waals surface area contributed by atoms with E-state index in [-0.39, 0.29) is 5.41 Å². The Morgan fingerprint density at radius 2 is 2.47 bits per heavy atom. The minimum absolute atomic E-state index is 0.167. The first-order valence-electron chi connectivity index (χ1n) is 5.89. The number of nitrogens with zero attached hydrogens (tertiary/aromatic N) is 2. The number of nitrogens with one attached hydrogen (secondary N) is 1. The van der Waals surface area contributed by atoms with Gasteiger partial charge in [0.2, 0.25) is 11.8 Å². The van der Waals surface area contributed by atoms with Crippen LogP contribution in [0.15, 0.2) is 4.42 Å². The van der Waals surface area contributed by atoms with E-state index in [2.05, 4.69) is 15.5 Å². The molecule has 1 saturated carbocycles. The van der Waals surface area contributed by atoms with E-state index in [0.717, 1.165) is 31.3 Å². The fraction of sp³-hybridized carbons (Fsp3) is 0.818. The molecule has 0 aromatic carbocycles. The van der Waals surface area contributed by atoms with Crippen LogP contribution in [0.1, 0.15) is 38.0 Å². The molecule has 0 bridgehead atoms. The molecule has 1 N–H and O–H groups in total. The van der Waals surface area contributed by atoms with Gasteiger partial charge in [0, 0.05) is 13.0 Å². The van der Waals surface area contributed by atoms with Crippen LogP contribution >= 0.6 is 0 Å². The SMILES string of the molecule is CCc1nnc([C@]23CCC[C@H]2CNC3)o1. The Morgan fingerprint density at radius 1 is 1.53 bits per heavy atom. The Kier molecular flexibility index (Phi) is 2.06. The first-order valence-corrected chi connectivity index (χ1v) is 5.89. The highest BCUT2D eigenvalue weighted by molar-refractivity contribution is 5.16. The highest BCUT2D eigenvalue weighted by atomic mass is 16.4. The van der Waals surface area contributed by atoms with Crippen LogP contribution in [0.25, 0.3) is 0 Å². The fourth-order valence-electron chi connectivity index (χ4n) is 3.10. The quantitative estimate of drug-likeness (QED) is 0.793. The second-order valence-corrected chi connectivity index (χ2v) is 4.73. The van der Waals surface area contributed by atoms with Crippen molar-refractivity contribution in [3.63, 3.8) is 0 Å². The van der Waals surface area contributed by atoms with Gasteiger partial charge in [0.15, 0.2) is 0 Å². The molecular formula is C11H17N3O. The van der Waals surface area contributed by atoms with Crippen molar-refractivity contribution in [2.45, 2.75) is 38.0 Å². The summed E-state index contributed by atoms with van der Waals surface area (Å²) in [4.78, 5) is 0. The predicted molar refractivity (Wildman–Crippen MR) is 55.6 cm³/mol. The molecule has 15 heavy (non-hydrogen) atoms. The van der Waals surface area contributed by atoms with Gasteiger partial charge < -0.3 is 9.73 Å². The monoisotopic (exact) mass is 207 g/mol. The first kappa shape index (κ1) is 9.33. The molecule has 1 aliphatic heterocycles. The highest BCUT2D eigenvalue weighted by Crippen LogP contribution is 2.47. The van der Waals surface area contributed by atoms with Crippen molar-refractivity contribution < 1.29 is 4.42 Å². The van der Waals surface area contributed by atoms with Crippen molar-refractivity contribution in [1.29, 1.82) is 0 Å². The van der Waals surface area contributed by atoms with Crippen LogP contribution in [0.2, 0.25) is 0 Å². The van der Waals surface area contributed by atoms with E-state index >= 15 is 0 Å². The summed E-state index contributed by atoms with van der Waals surface area (Å²) in [5.74, 6) is 2.37. The topological polar surface area (TPSA) is 51.0 Å². The van der Waals surface area contributed by atoms with Crippen LogP contribution in [-0.4, -0.2) is 23.3 Å². The molecule has 0 spiro atoms. The van der Waals surface area contributed by atoms with Crippen molar-refractivity contribution in [3.8, 4) is 0 Å². The number of rotatable bonds is 2. The number of aromatic nitrogens is 2. The van der Waals surface area contributed by atoms with Gasteiger partial charge in [0.25, 0.3) is 0 Å². The van der Waals surface area contributed by atoms with Crippen LogP contribution in [-0.2, 0) is 11.8 Å². The number of hydrogen-bond acceptors (Lipinski definition) is 4. The molecule has 2 aliphatic rings. The largest absolute Gasteiger partial charge is 0.425 e. The van der Waals surface area contributed by atoms with Gasteiger partial charge in [-0.2, -0.15) is 0 Å². The van der Waals surface area contributed by atoms with Gasteiger partial charge in [-0.3, -0.25) is 0 Å². The summed E-state index contributed by atoms with van der Waals surface area (Å²) >= 11 is 0. The third-order valence-corrected chi connectivity index (χ3v) is 3.98. The van der Waals surface area contributed by atoms with Crippen LogP contribution in [0, 0.1) is 5.92 Å². The molecule has 2 fully saturated rings. The fourth-order valence-corrected chi connectivity index (χ4v) is 3.10. The van der Waals surface area contributed by atoms with Crippen LogP contribution in [0.4, 0.5) is 0 Å². The van der Waals surface area contributed by atoms with Gasteiger partial charge in [-0.1, -0.05) is 13.3 Å². The molecule has 1 saturated heterocycles. The van der Waals surface area contributed by atoms with Crippen LogP contribution in [0.3, 0.4) is 0 Å². The normalized spacial score (nSPS) is 34.6. The second kappa shape index (κ2) is 3.30. The number of aryl methyl sites for hydroxylation is 1. The Bertz CT molecular complexity index is 350. The van der Waals surface area contributed by atoms with E-state index in [0.29, 0.717) is 5.92 Å². The summed E-state index contributed by atoms with van der Waals surface area (Å²) < 4.78 is 5.76. The average molecular weight is 207 g/mol. The molecule has 1 aliphatic carbocycles. The first-order chi connectivity index (χ1) is 7.35. The zero-order valence-corrected chi connectivity index (χ0v) is 9.12. The molecule has 0 amide bonds. The third-order valence-electron chi connectivity index (χ3n) is 3.98. The smallest absolute Gasteiger partial charge is 0.224 e. The van der Waals surface area contributed by atoms with Crippen molar-refractivity contribution in [3.05, 3.63) is 11.8 Å². The van der Waals surface area contributed by atoms with Gasteiger partial charge in [-0.05, 0) is 25.3 Å². The molecule has 3 rings (SSSR count). The molecule has 4 nitrogen and oxygen atoms in total. The van der Waals surface area contributed by atoms with E-state index in [1.165, 1.54) is 19.3 Å². The maximum atomic E-state index is 5.76. The minimum atomic E-state index is 0.167. The summed E-state index contributed by atoms with van der Waals surface area (Å²) in [5.41, 5.74) is 0.167. The molecule has 1 aromatic heterocycles. The summed E-state index contributed by atoms with van der Waals surface area (Å²) in [6.45, 7) is 4.18. The Hall–Kier alpha value is -0.900. The summed E-state index contributed by atoms with van der Waals surface area (Å²) in [7, 11) is 0. The zero-order valence-electron chi connectivity index (χ0n) is 9.12. The molecule has 0 radical (unpaired) electrons. The van der Waals surface area contributed by atoms with Crippen molar-refractivity contribution >= 4 is 0 Å². The molecule has 2 heterocycles. The standard InChI is InChI=1S/C11H17N3O/c1-2-9-13-14-10(15-9)11-5-3-4-8(11)6-12-7-11/h8,12H,2-7H2,1H3/t8-,11-/m0/s1. The lowest BCUT2D eigenvalue weighted by Crippen LogP contribution is -2.31. The lowest BCUT2D eigenvalue weighted by atomic mass is 9.81. The maximum absolute atomic E-state index is 5.76. The van der Waals surface area contributed by atoms with Crippen molar-refractivity contribution in [2.75, 3.05) is 13.1 Å². The van der Waals surface area contributed by atoms with E-state index in [4.69, 9.17) is 4.42 Å². The van der Waals surface area contributed by atoms with Crippen LogP contribution in [0.5, 0.6) is 0 Å². The molecule has 4 heteroatoms. The summed E-state index contributed by atoms with van der Waals surface area (Å²) in [5, 5.41) is 11.8. The van der Waals surface area contributed by atoms with E-state index in [1.54, 1.807) is 0 Å². The molecule has 82 valence electrons. The van der Waals surface area contributed by atoms with E-state index in [1.807, 2.05) is 6.92 Å². The maximum Gasteiger partial charge on any atom is 0.224 e. The number of fused-ring (bicyclic) bond motifs is 1. The van der Waals surface area contributed by atoms with Gasteiger partial charge in [-0.25, -0.2) is 0 Å². The lowest BCUT2D eigenvalue weighted by Gasteiger charge is -2.23. The predicted octanol–water partition coefficient (Wildman–Crippen LogP) is 1.27. The summed E-state index contributed by atoms with van der Waals surface area (Å²) in [6.07, 6.45) is 4.64.